The van der Waals surface area contributed by atoms with Crippen LogP contribution in [0.2, 0.25) is 0 Å². The number of alkyl halides is 1. The van der Waals surface area contributed by atoms with Crippen molar-refractivity contribution in [2.75, 3.05) is 7.11 Å². The van der Waals surface area contributed by atoms with E-state index in [0.717, 1.165) is 12.2 Å². The van der Waals surface area contributed by atoms with Gasteiger partial charge in [0.25, 0.3) is 0 Å². The predicted octanol–water partition coefficient (Wildman–Crippen LogP) is 4.23. The molecule has 0 heterocycles. The third kappa shape index (κ3) is 1.36. The largest absolute Gasteiger partial charge is 0.496 e. The van der Waals surface area contributed by atoms with Crippen LogP contribution in [0, 0.1) is 0 Å². The molecular formula is C14H13BrO. The lowest BCUT2D eigenvalue weighted by Crippen LogP contribution is -1.91. The van der Waals surface area contributed by atoms with Crippen molar-refractivity contribution >= 4 is 26.7 Å². The summed E-state index contributed by atoms with van der Waals surface area (Å²) in [5, 5.41) is 2.57. The monoisotopic (exact) mass is 276 g/mol. The van der Waals surface area contributed by atoms with Crippen molar-refractivity contribution in [3.8, 4) is 5.75 Å². The summed E-state index contributed by atoms with van der Waals surface area (Å²) >= 11 is 3.73. The Hall–Kier alpha value is -1.02. The third-order valence-electron chi connectivity index (χ3n) is 3.36. The van der Waals surface area contributed by atoms with E-state index < -0.39 is 0 Å². The Bertz CT molecular complexity index is 548. The molecule has 1 aliphatic carbocycles. The van der Waals surface area contributed by atoms with Gasteiger partial charge in [0, 0.05) is 10.2 Å². The van der Waals surface area contributed by atoms with E-state index in [2.05, 4.69) is 46.3 Å². The summed E-state index contributed by atoms with van der Waals surface area (Å²) in [4.78, 5) is 0.487. The number of hydrogen-bond donors (Lipinski definition) is 0. The first-order valence-electron chi connectivity index (χ1n) is 5.54. The average Bonchev–Trinajstić information content (AvgIpc) is 2.70. The van der Waals surface area contributed by atoms with Crippen molar-refractivity contribution < 1.29 is 4.74 Å². The molecule has 0 bridgehead atoms. The van der Waals surface area contributed by atoms with Crippen LogP contribution in [0.4, 0.5) is 0 Å². The first kappa shape index (κ1) is 10.2. The molecule has 0 amide bonds. The molecule has 2 heteroatoms. The molecule has 2 aromatic carbocycles. The van der Waals surface area contributed by atoms with Crippen LogP contribution < -0.4 is 4.74 Å². The first-order valence-corrected chi connectivity index (χ1v) is 6.45. The second-order valence-corrected chi connectivity index (χ2v) is 5.30. The van der Waals surface area contributed by atoms with Crippen LogP contribution >= 0.6 is 15.9 Å². The van der Waals surface area contributed by atoms with E-state index in [4.69, 9.17) is 4.74 Å². The molecule has 2 aromatic rings. The summed E-state index contributed by atoms with van der Waals surface area (Å²) in [6.45, 7) is 0. The summed E-state index contributed by atoms with van der Waals surface area (Å²) < 4.78 is 5.48. The lowest BCUT2D eigenvalue weighted by Gasteiger charge is -2.11. The molecule has 3 rings (SSSR count). The van der Waals surface area contributed by atoms with E-state index >= 15 is 0 Å². The van der Waals surface area contributed by atoms with Crippen molar-refractivity contribution in [1.82, 2.24) is 0 Å². The van der Waals surface area contributed by atoms with Gasteiger partial charge in [0.15, 0.2) is 0 Å². The fourth-order valence-electron chi connectivity index (χ4n) is 2.58. The first-order chi connectivity index (χ1) is 7.81. The molecule has 0 fully saturated rings. The smallest absolute Gasteiger partial charge is 0.127 e. The zero-order valence-corrected chi connectivity index (χ0v) is 10.8. The third-order valence-corrected chi connectivity index (χ3v) is 4.31. The zero-order valence-electron chi connectivity index (χ0n) is 9.16. The van der Waals surface area contributed by atoms with Gasteiger partial charge in [-0.25, -0.2) is 0 Å². The molecule has 1 atom stereocenters. The highest BCUT2D eigenvalue weighted by Crippen LogP contribution is 2.44. The number of ether oxygens (including phenoxy) is 1. The Morgan fingerprint density at radius 3 is 2.75 bits per heavy atom. The van der Waals surface area contributed by atoms with Crippen LogP contribution in [0.25, 0.3) is 10.8 Å². The lowest BCUT2D eigenvalue weighted by molar-refractivity contribution is 0.419. The van der Waals surface area contributed by atoms with Crippen molar-refractivity contribution in [3.05, 3.63) is 41.5 Å². The van der Waals surface area contributed by atoms with Gasteiger partial charge in [-0.05, 0) is 35.4 Å². The molecular weight excluding hydrogens is 264 g/mol. The number of aryl methyl sites for hydroxylation is 1. The molecule has 0 saturated carbocycles. The molecule has 1 unspecified atom stereocenters. The Balaban J connectivity index is 2.39. The minimum Gasteiger partial charge on any atom is -0.496 e. The Morgan fingerprint density at radius 1 is 1.25 bits per heavy atom. The molecule has 82 valence electrons. The van der Waals surface area contributed by atoms with Gasteiger partial charge in [0.2, 0.25) is 0 Å². The topological polar surface area (TPSA) is 9.23 Å². The van der Waals surface area contributed by atoms with Crippen LogP contribution in [-0.2, 0) is 6.42 Å². The van der Waals surface area contributed by atoms with Crippen LogP contribution in [0.3, 0.4) is 0 Å². The Kier molecular flexibility index (Phi) is 2.40. The van der Waals surface area contributed by atoms with Crippen molar-refractivity contribution in [3.63, 3.8) is 0 Å². The number of halogens is 1. The minimum atomic E-state index is 0.487. The fraction of sp³-hybridized carbons (Fsp3) is 0.286. The molecule has 0 N–H and O–H groups in total. The fourth-order valence-corrected chi connectivity index (χ4v) is 3.21. The molecule has 0 aliphatic heterocycles. The maximum absolute atomic E-state index is 5.48. The van der Waals surface area contributed by atoms with Crippen molar-refractivity contribution in [2.45, 2.75) is 17.7 Å². The number of fused-ring (bicyclic) bond motifs is 3. The standard InChI is InChI=1S/C14H13BrO/c1-16-14-8-12-10(6-7-13(12)15)9-4-2-3-5-11(9)14/h2-5,8,13H,6-7H2,1H3. The van der Waals surface area contributed by atoms with Gasteiger partial charge in [-0.3, -0.25) is 0 Å². The minimum absolute atomic E-state index is 0.487. The van der Waals surface area contributed by atoms with Gasteiger partial charge in [-0.1, -0.05) is 40.2 Å². The second kappa shape index (κ2) is 3.77. The molecule has 0 saturated heterocycles. The van der Waals surface area contributed by atoms with Crippen molar-refractivity contribution in [2.24, 2.45) is 0 Å². The summed E-state index contributed by atoms with van der Waals surface area (Å²) in [6, 6.07) is 10.7. The second-order valence-electron chi connectivity index (χ2n) is 4.20. The zero-order chi connectivity index (χ0) is 11.1. The van der Waals surface area contributed by atoms with Crippen LogP contribution in [0.15, 0.2) is 30.3 Å². The summed E-state index contributed by atoms with van der Waals surface area (Å²) in [5.74, 6) is 0.987. The highest BCUT2D eigenvalue weighted by Gasteiger charge is 2.23. The highest BCUT2D eigenvalue weighted by molar-refractivity contribution is 9.09. The normalized spacial score (nSPS) is 18.8. The van der Waals surface area contributed by atoms with E-state index in [0.29, 0.717) is 4.83 Å². The molecule has 1 nitrogen and oxygen atoms in total. The van der Waals surface area contributed by atoms with Crippen LogP contribution in [0.5, 0.6) is 5.75 Å². The van der Waals surface area contributed by atoms with E-state index in [1.165, 1.54) is 28.3 Å². The average molecular weight is 277 g/mol. The maximum Gasteiger partial charge on any atom is 0.127 e. The van der Waals surface area contributed by atoms with Gasteiger partial charge < -0.3 is 4.74 Å². The Labute approximate surface area is 104 Å². The molecule has 16 heavy (non-hydrogen) atoms. The SMILES string of the molecule is COc1cc2c(c3ccccc13)CCC2Br. The summed E-state index contributed by atoms with van der Waals surface area (Å²) in [6.07, 6.45) is 2.35. The van der Waals surface area contributed by atoms with Crippen LogP contribution in [0.1, 0.15) is 22.4 Å². The molecule has 0 spiro atoms. The molecule has 0 radical (unpaired) electrons. The van der Waals surface area contributed by atoms with Gasteiger partial charge in [-0.15, -0.1) is 0 Å². The number of methoxy groups -OCH3 is 1. The van der Waals surface area contributed by atoms with Crippen molar-refractivity contribution in [1.29, 1.82) is 0 Å². The van der Waals surface area contributed by atoms with Gasteiger partial charge in [-0.2, -0.15) is 0 Å². The summed E-state index contributed by atoms with van der Waals surface area (Å²) in [7, 11) is 1.74. The summed E-state index contributed by atoms with van der Waals surface area (Å²) in [5.41, 5.74) is 2.88. The predicted molar refractivity (Wildman–Crippen MR) is 70.5 cm³/mol. The van der Waals surface area contributed by atoms with Gasteiger partial charge in [0.05, 0.1) is 7.11 Å². The quantitative estimate of drug-likeness (QED) is 0.709. The molecule has 1 aliphatic rings. The number of hydrogen-bond acceptors (Lipinski definition) is 1. The molecule has 0 aromatic heterocycles. The van der Waals surface area contributed by atoms with Gasteiger partial charge >= 0.3 is 0 Å². The highest BCUT2D eigenvalue weighted by atomic mass is 79.9. The van der Waals surface area contributed by atoms with E-state index in [1.54, 1.807) is 7.11 Å². The van der Waals surface area contributed by atoms with Gasteiger partial charge in [0.1, 0.15) is 5.75 Å². The lowest BCUT2D eigenvalue weighted by atomic mass is 10.00. The Morgan fingerprint density at radius 2 is 2.00 bits per heavy atom. The maximum atomic E-state index is 5.48. The van der Waals surface area contributed by atoms with E-state index in [-0.39, 0.29) is 0 Å². The number of rotatable bonds is 1. The number of benzene rings is 2. The van der Waals surface area contributed by atoms with E-state index in [1.807, 2.05) is 0 Å². The van der Waals surface area contributed by atoms with E-state index in [9.17, 15) is 0 Å². The van der Waals surface area contributed by atoms with Crippen LogP contribution in [-0.4, -0.2) is 7.11 Å².